The summed E-state index contributed by atoms with van der Waals surface area (Å²) in [6.07, 6.45) is 9.07. The van der Waals surface area contributed by atoms with Gasteiger partial charge in [-0.3, -0.25) is 4.99 Å². The summed E-state index contributed by atoms with van der Waals surface area (Å²) < 4.78 is 5.43. The third-order valence-electron chi connectivity index (χ3n) is 6.09. The topological polar surface area (TPSA) is 69.2 Å². The summed E-state index contributed by atoms with van der Waals surface area (Å²) in [6.45, 7) is 11.6. The highest BCUT2D eigenvalue weighted by Gasteiger charge is 2.26. The summed E-state index contributed by atoms with van der Waals surface area (Å²) in [6, 6.07) is 1.30. The highest BCUT2D eigenvalue weighted by atomic mass is 127. The molecule has 1 aliphatic carbocycles. The fraction of sp³-hybridized carbons (Fsp3) is 0.913. The molecular weight excluding hydrogens is 505 g/mol. The molecular formula is C23H46IN5O2. The summed E-state index contributed by atoms with van der Waals surface area (Å²) in [5.74, 6) is 1.15. The SMILES string of the molecule is CN=C(NCC(C)CN(C)C(=O)OC(C)(C)C)NC1CCN(C2CCCCC2)CC1.I. The molecule has 1 atom stereocenters. The number of nitrogens with one attached hydrogen (secondary N) is 2. The summed E-state index contributed by atoms with van der Waals surface area (Å²) in [4.78, 5) is 20.9. The second-order valence-corrected chi connectivity index (χ2v) is 10.2. The van der Waals surface area contributed by atoms with E-state index < -0.39 is 5.60 Å². The molecule has 0 aromatic rings. The van der Waals surface area contributed by atoms with Gasteiger partial charge in [-0.25, -0.2) is 4.79 Å². The summed E-state index contributed by atoms with van der Waals surface area (Å²) in [5.41, 5.74) is -0.467. The zero-order chi connectivity index (χ0) is 22.1. The fourth-order valence-corrected chi connectivity index (χ4v) is 4.46. The Morgan fingerprint density at radius 1 is 1.16 bits per heavy atom. The number of aliphatic imine (C=N–C) groups is 1. The van der Waals surface area contributed by atoms with Gasteiger partial charge in [0.2, 0.25) is 0 Å². The molecule has 0 bridgehead atoms. The number of hydrogen-bond acceptors (Lipinski definition) is 4. The van der Waals surface area contributed by atoms with E-state index in [-0.39, 0.29) is 36.0 Å². The number of ether oxygens (including phenoxy) is 1. The van der Waals surface area contributed by atoms with Crippen LogP contribution in [0.3, 0.4) is 0 Å². The maximum atomic E-state index is 12.1. The molecule has 182 valence electrons. The Morgan fingerprint density at radius 2 is 1.77 bits per heavy atom. The zero-order valence-corrected chi connectivity index (χ0v) is 22.9. The van der Waals surface area contributed by atoms with Gasteiger partial charge in [0.05, 0.1) is 0 Å². The van der Waals surface area contributed by atoms with Crippen LogP contribution in [-0.4, -0.2) is 79.8 Å². The molecule has 1 unspecified atom stereocenters. The van der Waals surface area contributed by atoms with E-state index in [4.69, 9.17) is 4.74 Å². The molecule has 31 heavy (non-hydrogen) atoms. The van der Waals surface area contributed by atoms with Crippen molar-refractivity contribution in [1.29, 1.82) is 0 Å². The lowest BCUT2D eigenvalue weighted by molar-refractivity contribution is 0.0278. The average Bonchev–Trinajstić information content (AvgIpc) is 2.71. The number of carbonyl (C=O) groups is 1. The molecule has 1 heterocycles. The maximum Gasteiger partial charge on any atom is 0.410 e. The van der Waals surface area contributed by atoms with Gasteiger partial charge in [-0.15, -0.1) is 24.0 Å². The van der Waals surface area contributed by atoms with Gasteiger partial charge in [-0.2, -0.15) is 0 Å². The molecule has 1 saturated carbocycles. The smallest absolute Gasteiger partial charge is 0.410 e. The zero-order valence-electron chi connectivity index (χ0n) is 20.6. The molecule has 2 rings (SSSR count). The van der Waals surface area contributed by atoms with Crippen molar-refractivity contribution in [2.24, 2.45) is 10.9 Å². The highest BCUT2D eigenvalue weighted by molar-refractivity contribution is 14.0. The van der Waals surface area contributed by atoms with E-state index in [1.54, 1.807) is 11.9 Å². The van der Waals surface area contributed by atoms with Gasteiger partial charge in [-0.1, -0.05) is 26.2 Å². The number of halogens is 1. The van der Waals surface area contributed by atoms with Crippen LogP contribution in [0.2, 0.25) is 0 Å². The highest BCUT2D eigenvalue weighted by Crippen LogP contribution is 2.25. The number of piperidine rings is 1. The van der Waals surface area contributed by atoms with Crippen molar-refractivity contribution in [1.82, 2.24) is 20.4 Å². The Kier molecular flexibility index (Phi) is 12.5. The second-order valence-electron chi connectivity index (χ2n) is 10.2. The van der Waals surface area contributed by atoms with Crippen LogP contribution < -0.4 is 10.6 Å². The minimum absolute atomic E-state index is 0. The predicted molar refractivity (Wildman–Crippen MR) is 139 cm³/mol. The van der Waals surface area contributed by atoms with Crippen LogP contribution in [0, 0.1) is 5.92 Å². The predicted octanol–water partition coefficient (Wildman–Crippen LogP) is 4.07. The first-order valence-electron chi connectivity index (χ1n) is 11.8. The lowest BCUT2D eigenvalue weighted by atomic mass is 9.92. The normalized spacial score (nSPS) is 20.5. The van der Waals surface area contributed by atoms with E-state index in [9.17, 15) is 4.79 Å². The summed E-state index contributed by atoms with van der Waals surface area (Å²) >= 11 is 0. The van der Waals surface area contributed by atoms with Gasteiger partial charge in [0, 0.05) is 52.4 Å². The molecule has 1 aliphatic heterocycles. The molecule has 2 aliphatic rings. The van der Waals surface area contributed by atoms with Crippen molar-refractivity contribution < 1.29 is 9.53 Å². The van der Waals surface area contributed by atoms with Gasteiger partial charge in [0.15, 0.2) is 5.96 Å². The quantitative estimate of drug-likeness (QED) is 0.296. The molecule has 0 aromatic heterocycles. The first kappa shape index (κ1) is 28.3. The Hall–Kier alpha value is -0.770. The first-order chi connectivity index (χ1) is 14.2. The Labute approximate surface area is 207 Å². The third kappa shape index (κ3) is 10.6. The number of carbonyl (C=O) groups excluding carboxylic acids is 1. The van der Waals surface area contributed by atoms with Crippen molar-refractivity contribution in [3.63, 3.8) is 0 Å². The van der Waals surface area contributed by atoms with Crippen molar-refractivity contribution >= 4 is 36.0 Å². The van der Waals surface area contributed by atoms with Gasteiger partial charge >= 0.3 is 6.09 Å². The Morgan fingerprint density at radius 3 is 2.32 bits per heavy atom. The number of nitrogens with zero attached hydrogens (tertiary/aromatic N) is 3. The fourth-order valence-electron chi connectivity index (χ4n) is 4.46. The molecule has 1 amide bonds. The van der Waals surface area contributed by atoms with Crippen molar-refractivity contribution in [3.05, 3.63) is 0 Å². The second kappa shape index (κ2) is 13.7. The minimum atomic E-state index is -0.467. The van der Waals surface area contributed by atoms with Gasteiger partial charge in [-0.05, 0) is 52.4 Å². The van der Waals surface area contributed by atoms with Crippen LogP contribution in [0.4, 0.5) is 4.79 Å². The minimum Gasteiger partial charge on any atom is -0.444 e. The lowest BCUT2D eigenvalue weighted by Crippen LogP contribution is -2.51. The van der Waals surface area contributed by atoms with Crippen LogP contribution >= 0.6 is 24.0 Å². The Bertz CT molecular complexity index is 553. The number of likely N-dealkylation sites (tertiary alicyclic amines) is 1. The van der Waals surface area contributed by atoms with E-state index >= 15 is 0 Å². The monoisotopic (exact) mass is 551 g/mol. The van der Waals surface area contributed by atoms with Crippen LogP contribution in [0.15, 0.2) is 4.99 Å². The molecule has 0 aromatic carbocycles. The van der Waals surface area contributed by atoms with E-state index in [1.807, 2.05) is 27.8 Å². The van der Waals surface area contributed by atoms with Crippen LogP contribution in [0.1, 0.15) is 72.6 Å². The van der Waals surface area contributed by atoms with Crippen molar-refractivity contribution in [3.8, 4) is 0 Å². The Balaban J connectivity index is 0.00000480. The molecule has 7 nitrogen and oxygen atoms in total. The van der Waals surface area contributed by atoms with Crippen LogP contribution in [-0.2, 0) is 4.74 Å². The molecule has 0 radical (unpaired) electrons. The van der Waals surface area contributed by atoms with Crippen LogP contribution in [0.5, 0.6) is 0 Å². The number of guanidine groups is 1. The lowest BCUT2D eigenvalue weighted by Gasteiger charge is -2.39. The van der Waals surface area contributed by atoms with E-state index in [0.29, 0.717) is 12.6 Å². The van der Waals surface area contributed by atoms with Crippen LogP contribution in [0.25, 0.3) is 0 Å². The van der Waals surface area contributed by atoms with Crippen molar-refractivity contribution in [2.45, 2.75) is 90.3 Å². The molecule has 0 spiro atoms. The van der Waals surface area contributed by atoms with Gasteiger partial charge in [0.25, 0.3) is 0 Å². The third-order valence-corrected chi connectivity index (χ3v) is 6.09. The number of rotatable bonds is 6. The standard InChI is InChI=1S/C23H45N5O2.HI/c1-18(17-27(6)22(29)30-23(2,3)4)16-25-21(24-5)26-19-12-14-28(15-13-19)20-10-8-7-9-11-20;/h18-20H,7-17H2,1-6H3,(H2,24,25,26);1H. The number of hydrogen-bond donors (Lipinski definition) is 2. The average molecular weight is 552 g/mol. The number of amides is 1. The molecule has 2 N–H and O–H groups in total. The molecule has 2 fully saturated rings. The van der Waals surface area contributed by atoms with E-state index in [0.717, 1.165) is 18.5 Å². The van der Waals surface area contributed by atoms with Gasteiger partial charge in [0.1, 0.15) is 5.60 Å². The van der Waals surface area contributed by atoms with E-state index in [2.05, 4.69) is 27.4 Å². The largest absolute Gasteiger partial charge is 0.444 e. The first-order valence-corrected chi connectivity index (χ1v) is 11.8. The molecule has 8 heteroatoms. The maximum absolute atomic E-state index is 12.1. The van der Waals surface area contributed by atoms with Gasteiger partial charge < -0.3 is 25.2 Å². The van der Waals surface area contributed by atoms with E-state index in [1.165, 1.54) is 58.0 Å². The van der Waals surface area contributed by atoms with Crippen molar-refractivity contribution in [2.75, 3.05) is 40.3 Å². The molecule has 1 saturated heterocycles. The summed E-state index contributed by atoms with van der Waals surface area (Å²) in [7, 11) is 3.61. The summed E-state index contributed by atoms with van der Waals surface area (Å²) in [5, 5.41) is 7.03.